The third kappa shape index (κ3) is 4.30. The van der Waals surface area contributed by atoms with Crippen LogP contribution in [0.5, 0.6) is 0 Å². The van der Waals surface area contributed by atoms with Gasteiger partial charge in [-0.15, -0.1) is 0 Å². The third-order valence-corrected chi connectivity index (χ3v) is 5.64. The zero-order valence-electron chi connectivity index (χ0n) is 15.9. The van der Waals surface area contributed by atoms with E-state index in [4.69, 9.17) is 0 Å². The number of hydrogen-bond donors (Lipinski definition) is 0. The van der Waals surface area contributed by atoms with Gasteiger partial charge in [0.1, 0.15) is 5.82 Å². The Balaban J connectivity index is 1.21. The number of piperazine rings is 1. The summed E-state index contributed by atoms with van der Waals surface area (Å²) in [4.78, 5) is 23.7. The largest absolute Gasteiger partial charge is 0.354 e. The average Bonchev–Trinajstić information content (AvgIpc) is 2.73. The van der Waals surface area contributed by atoms with Crippen molar-refractivity contribution in [2.75, 3.05) is 49.1 Å². The predicted octanol–water partition coefficient (Wildman–Crippen LogP) is 2.96. The molecule has 27 heavy (non-hydrogen) atoms. The molecule has 142 valence electrons. The van der Waals surface area contributed by atoms with E-state index in [0.29, 0.717) is 6.42 Å². The third-order valence-electron chi connectivity index (χ3n) is 5.64. The summed E-state index contributed by atoms with van der Waals surface area (Å²) in [7, 11) is 0. The maximum Gasteiger partial charge on any atom is 0.227 e. The van der Waals surface area contributed by atoms with E-state index in [-0.39, 0.29) is 5.91 Å². The van der Waals surface area contributed by atoms with Crippen molar-refractivity contribution in [3.63, 3.8) is 0 Å². The predicted molar refractivity (Wildman–Crippen MR) is 109 cm³/mol. The van der Waals surface area contributed by atoms with Crippen molar-refractivity contribution in [3.05, 3.63) is 54.2 Å². The molecule has 1 saturated heterocycles. The first-order chi connectivity index (χ1) is 13.3. The molecule has 0 spiro atoms. The quantitative estimate of drug-likeness (QED) is 0.739. The summed E-state index contributed by atoms with van der Waals surface area (Å²) in [6.45, 7) is 6.19. The fraction of sp³-hybridized carbons (Fsp3) is 0.455. The minimum atomic E-state index is 0.276. The van der Waals surface area contributed by atoms with Gasteiger partial charge in [0.05, 0.1) is 0 Å². The van der Waals surface area contributed by atoms with E-state index < -0.39 is 0 Å². The van der Waals surface area contributed by atoms with Crippen LogP contribution in [-0.4, -0.2) is 55.1 Å². The Labute approximate surface area is 161 Å². The van der Waals surface area contributed by atoms with Gasteiger partial charge in [-0.2, -0.15) is 0 Å². The van der Waals surface area contributed by atoms with Crippen molar-refractivity contribution in [3.8, 4) is 0 Å². The Hall–Kier alpha value is -2.40. The van der Waals surface area contributed by atoms with Gasteiger partial charge in [0.2, 0.25) is 5.91 Å². The zero-order valence-corrected chi connectivity index (χ0v) is 15.9. The van der Waals surface area contributed by atoms with Crippen molar-refractivity contribution in [2.24, 2.45) is 0 Å². The molecule has 0 radical (unpaired) electrons. The highest BCUT2D eigenvalue weighted by Gasteiger charge is 2.23. The van der Waals surface area contributed by atoms with Crippen LogP contribution >= 0.6 is 0 Å². The molecule has 0 aliphatic carbocycles. The Kier molecular flexibility index (Phi) is 5.68. The van der Waals surface area contributed by atoms with Crippen molar-refractivity contribution < 1.29 is 4.79 Å². The van der Waals surface area contributed by atoms with Gasteiger partial charge in [-0.25, -0.2) is 4.98 Å². The number of para-hydroxylation sites is 1. The van der Waals surface area contributed by atoms with E-state index in [1.165, 1.54) is 5.56 Å². The van der Waals surface area contributed by atoms with Gasteiger partial charge in [-0.1, -0.05) is 24.3 Å². The van der Waals surface area contributed by atoms with Crippen LogP contribution in [0.1, 0.15) is 24.8 Å². The van der Waals surface area contributed by atoms with Gasteiger partial charge in [-0.3, -0.25) is 9.69 Å². The van der Waals surface area contributed by atoms with Crippen LogP contribution in [0.4, 0.5) is 11.5 Å². The first-order valence-corrected chi connectivity index (χ1v) is 10.1. The van der Waals surface area contributed by atoms with Gasteiger partial charge in [0.25, 0.3) is 0 Å². The number of carbonyl (C=O) groups is 1. The Bertz CT molecular complexity index is 756. The molecule has 4 rings (SSSR count). The van der Waals surface area contributed by atoms with E-state index in [1.807, 2.05) is 23.2 Å². The molecule has 5 nitrogen and oxygen atoms in total. The summed E-state index contributed by atoms with van der Waals surface area (Å²) < 4.78 is 0. The number of amides is 1. The molecule has 1 amide bonds. The number of nitrogens with zero attached hydrogens (tertiary/aromatic N) is 4. The summed E-state index contributed by atoms with van der Waals surface area (Å²) in [6, 6.07) is 14.4. The molecule has 1 aromatic heterocycles. The van der Waals surface area contributed by atoms with Gasteiger partial charge in [0, 0.05) is 51.0 Å². The van der Waals surface area contributed by atoms with E-state index in [9.17, 15) is 4.79 Å². The number of rotatable bonds is 6. The second kappa shape index (κ2) is 8.53. The molecule has 2 aliphatic rings. The summed E-state index contributed by atoms with van der Waals surface area (Å²) in [5, 5.41) is 0. The normalized spacial score (nSPS) is 17.9. The van der Waals surface area contributed by atoms with E-state index in [1.54, 1.807) is 0 Å². The number of unbranched alkanes of at least 4 members (excludes halogenated alkanes) is 1. The van der Waals surface area contributed by atoms with E-state index >= 15 is 0 Å². The Morgan fingerprint density at radius 1 is 0.852 bits per heavy atom. The molecule has 2 aliphatic heterocycles. The molecule has 0 bridgehead atoms. The van der Waals surface area contributed by atoms with Gasteiger partial charge in [-0.05, 0) is 49.6 Å². The highest BCUT2D eigenvalue weighted by atomic mass is 16.2. The number of benzene rings is 1. The number of aromatic nitrogens is 1. The van der Waals surface area contributed by atoms with Crippen LogP contribution in [0.3, 0.4) is 0 Å². The summed E-state index contributed by atoms with van der Waals surface area (Å²) in [5.74, 6) is 1.36. The average molecular weight is 364 g/mol. The highest BCUT2D eigenvalue weighted by Crippen LogP contribution is 2.27. The van der Waals surface area contributed by atoms with Crippen LogP contribution in [0.15, 0.2) is 48.7 Å². The van der Waals surface area contributed by atoms with Crippen LogP contribution in [0.25, 0.3) is 0 Å². The van der Waals surface area contributed by atoms with Crippen LogP contribution < -0.4 is 9.80 Å². The smallest absolute Gasteiger partial charge is 0.227 e. The lowest BCUT2D eigenvalue weighted by Crippen LogP contribution is -2.47. The number of aryl methyl sites for hydroxylation is 1. The maximum atomic E-state index is 12.3. The topological polar surface area (TPSA) is 39.7 Å². The van der Waals surface area contributed by atoms with Crippen molar-refractivity contribution >= 4 is 17.4 Å². The van der Waals surface area contributed by atoms with Gasteiger partial charge < -0.3 is 9.80 Å². The molecular formula is C22H28N4O. The molecule has 3 heterocycles. The van der Waals surface area contributed by atoms with Crippen LogP contribution in [0, 0.1) is 0 Å². The summed E-state index contributed by atoms with van der Waals surface area (Å²) in [6.07, 6.45) is 5.58. The molecule has 0 atom stereocenters. The van der Waals surface area contributed by atoms with Crippen LogP contribution in [0.2, 0.25) is 0 Å². The van der Waals surface area contributed by atoms with E-state index in [0.717, 1.165) is 70.0 Å². The molecule has 1 fully saturated rings. The highest BCUT2D eigenvalue weighted by molar-refractivity contribution is 5.96. The van der Waals surface area contributed by atoms with E-state index in [2.05, 4.69) is 45.1 Å². The Morgan fingerprint density at radius 3 is 2.44 bits per heavy atom. The first-order valence-electron chi connectivity index (χ1n) is 10.1. The number of anilines is 2. The first kappa shape index (κ1) is 18.0. The molecular weight excluding hydrogens is 336 g/mol. The summed E-state index contributed by atoms with van der Waals surface area (Å²) in [5.41, 5.74) is 2.43. The van der Waals surface area contributed by atoms with Crippen LogP contribution in [-0.2, 0) is 11.2 Å². The second-order valence-corrected chi connectivity index (χ2v) is 7.40. The lowest BCUT2D eigenvalue weighted by Gasteiger charge is -2.35. The molecule has 2 aromatic rings. The molecule has 0 unspecified atom stereocenters. The maximum absolute atomic E-state index is 12.3. The fourth-order valence-corrected chi connectivity index (χ4v) is 4.09. The summed E-state index contributed by atoms with van der Waals surface area (Å²) >= 11 is 0. The molecule has 1 aromatic carbocycles. The molecule has 0 N–H and O–H groups in total. The lowest BCUT2D eigenvalue weighted by atomic mass is 10.0. The number of carbonyl (C=O) groups excluding carboxylic acids is 1. The van der Waals surface area contributed by atoms with Crippen molar-refractivity contribution in [2.45, 2.75) is 25.7 Å². The number of fused-ring (bicyclic) bond motifs is 1. The van der Waals surface area contributed by atoms with Crippen molar-refractivity contribution in [1.29, 1.82) is 0 Å². The monoisotopic (exact) mass is 364 g/mol. The number of pyridine rings is 1. The standard InChI is InChI=1S/C22H28N4O/c27-22-11-10-19-7-1-2-8-20(19)26(22)14-6-5-13-24-15-17-25(18-16-24)21-9-3-4-12-23-21/h1-4,7-9,12H,5-6,10-11,13-18H2. The lowest BCUT2D eigenvalue weighted by molar-refractivity contribution is -0.118. The van der Waals surface area contributed by atoms with Crippen molar-refractivity contribution in [1.82, 2.24) is 9.88 Å². The van der Waals surface area contributed by atoms with Gasteiger partial charge >= 0.3 is 0 Å². The molecule has 0 saturated carbocycles. The van der Waals surface area contributed by atoms with Gasteiger partial charge in [0.15, 0.2) is 0 Å². The Morgan fingerprint density at radius 2 is 1.63 bits per heavy atom. The minimum Gasteiger partial charge on any atom is -0.354 e. The minimum absolute atomic E-state index is 0.276. The SMILES string of the molecule is O=C1CCc2ccccc2N1CCCCN1CCN(c2ccccn2)CC1. The molecule has 5 heteroatoms. The number of hydrogen-bond acceptors (Lipinski definition) is 4. The zero-order chi connectivity index (χ0) is 18.5. The fourth-order valence-electron chi connectivity index (χ4n) is 4.09. The second-order valence-electron chi connectivity index (χ2n) is 7.40.